The first-order valence-corrected chi connectivity index (χ1v) is 5.28. The smallest absolute Gasteiger partial charge is 0.136 e. The van der Waals surface area contributed by atoms with Crippen LogP contribution in [0.5, 0.6) is 0 Å². The lowest BCUT2D eigenvalue weighted by molar-refractivity contribution is 0.0884. The minimum atomic E-state index is -0.744. The monoisotopic (exact) mass is 224 g/mol. The Bertz CT molecular complexity index is 359. The molecule has 5 heteroatoms. The summed E-state index contributed by atoms with van der Waals surface area (Å²) in [4.78, 5) is 10.3. The molecule has 0 saturated heterocycles. The number of anilines is 2. The van der Waals surface area contributed by atoms with Crippen LogP contribution in [0.15, 0.2) is 6.33 Å². The molecule has 2 N–H and O–H groups in total. The zero-order chi connectivity index (χ0) is 12.3. The number of rotatable bonds is 4. The second-order valence-corrected chi connectivity index (χ2v) is 4.59. The van der Waals surface area contributed by atoms with Crippen LogP contribution in [0.3, 0.4) is 0 Å². The number of likely N-dealkylation sites (N-methyl/N-ethyl adjacent to an activating group) is 1. The molecule has 0 amide bonds. The molecule has 0 aliphatic rings. The van der Waals surface area contributed by atoms with Crippen LogP contribution in [-0.4, -0.2) is 41.3 Å². The highest BCUT2D eigenvalue weighted by Crippen LogP contribution is 2.21. The Balaban J connectivity index is 2.95. The topological polar surface area (TPSA) is 61.3 Å². The Morgan fingerprint density at radius 2 is 2.06 bits per heavy atom. The summed E-state index contributed by atoms with van der Waals surface area (Å²) < 4.78 is 0. The highest BCUT2D eigenvalue weighted by Gasteiger charge is 2.18. The summed E-state index contributed by atoms with van der Waals surface area (Å²) in [6.45, 7) is 6.04. The molecule has 0 aliphatic carbocycles. The third kappa shape index (κ3) is 3.06. The van der Waals surface area contributed by atoms with Crippen molar-refractivity contribution in [3.05, 3.63) is 11.9 Å². The highest BCUT2D eigenvalue weighted by molar-refractivity contribution is 5.57. The van der Waals surface area contributed by atoms with Gasteiger partial charge >= 0.3 is 0 Å². The van der Waals surface area contributed by atoms with Crippen LogP contribution >= 0.6 is 0 Å². The van der Waals surface area contributed by atoms with Crippen LogP contribution in [0.4, 0.5) is 11.6 Å². The molecule has 0 atom stereocenters. The molecule has 90 valence electrons. The molecular formula is C11H20N4O. The number of nitrogens with one attached hydrogen (secondary N) is 1. The molecule has 0 radical (unpaired) electrons. The van der Waals surface area contributed by atoms with Crippen LogP contribution in [0, 0.1) is 6.92 Å². The average Bonchev–Trinajstić information content (AvgIpc) is 2.15. The van der Waals surface area contributed by atoms with Crippen LogP contribution in [0.25, 0.3) is 0 Å². The third-order valence-corrected chi connectivity index (χ3v) is 2.28. The zero-order valence-electron chi connectivity index (χ0n) is 10.6. The zero-order valence-corrected chi connectivity index (χ0v) is 10.6. The van der Waals surface area contributed by atoms with E-state index in [1.165, 1.54) is 6.33 Å². The van der Waals surface area contributed by atoms with E-state index in [1.807, 2.05) is 25.9 Å². The van der Waals surface area contributed by atoms with E-state index in [4.69, 9.17) is 0 Å². The number of aromatic nitrogens is 2. The quantitative estimate of drug-likeness (QED) is 0.800. The molecule has 0 bridgehead atoms. The minimum absolute atomic E-state index is 0.522. The van der Waals surface area contributed by atoms with E-state index in [0.29, 0.717) is 6.54 Å². The van der Waals surface area contributed by atoms with Gasteiger partial charge in [-0.2, -0.15) is 0 Å². The largest absolute Gasteiger partial charge is 0.389 e. The van der Waals surface area contributed by atoms with Crippen LogP contribution < -0.4 is 10.2 Å². The van der Waals surface area contributed by atoms with Gasteiger partial charge in [-0.3, -0.25) is 0 Å². The van der Waals surface area contributed by atoms with Crippen molar-refractivity contribution in [2.24, 2.45) is 0 Å². The first-order valence-electron chi connectivity index (χ1n) is 5.28. The summed E-state index contributed by atoms with van der Waals surface area (Å²) in [6.07, 6.45) is 1.52. The van der Waals surface area contributed by atoms with Crippen LogP contribution in [0.1, 0.15) is 19.4 Å². The Morgan fingerprint density at radius 3 is 2.56 bits per heavy atom. The maximum Gasteiger partial charge on any atom is 0.136 e. The summed E-state index contributed by atoms with van der Waals surface area (Å²) in [7, 11) is 3.74. The van der Waals surface area contributed by atoms with E-state index in [-0.39, 0.29) is 0 Å². The summed E-state index contributed by atoms with van der Waals surface area (Å²) in [6, 6.07) is 0. The van der Waals surface area contributed by atoms with Gasteiger partial charge in [-0.15, -0.1) is 0 Å². The first-order chi connectivity index (χ1) is 7.35. The summed E-state index contributed by atoms with van der Waals surface area (Å²) in [5.41, 5.74) is 0.239. The van der Waals surface area contributed by atoms with Crippen molar-refractivity contribution in [3.63, 3.8) is 0 Å². The van der Waals surface area contributed by atoms with Crippen LogP contribution in [-0.2, 0) is 0 Å². The van der Waals surface area contributed by atoms with Crippen LogP contribution in [0.2, 0.25) is 0 Å². The van der Waals surface area contributed by atoms with Gasteiger partial charge in [-0.05, 0) is 20.8 Å². The van der Waals surface area contributed by atoms with Gasteiger partial charge in [0.25, 0.3) is 0 Å². The van der Waals surface area contributed by atoms with Crippen molar-refractivity contribution in [1.29, 1.82) is 0 Å². The minimum Gasteiger partial charge on any atom is -0.389 e. The predicted octanol–water partition coefficient (Wildman–Crippen LogP) is 1.03. The van der Waals surface area contributed by atoms with Crippen molar-refractivity contribution in [3.8, 4) is 0 Å². The van der Waals surface area contributed by atoms with Gasteiger partial charge in [0, 0.05) is 26.2 Å². The Hall–Kier alpha value is -1.36. The fourth-order valence-electron chi connectivity index (χ4n) is 1.73. The van der Waals surface area contributed by atoms with E-state index < -0.39 is 5.60 Å². The fourth-order valence-corrected chi connectivity index (χ4v) is 1.73. The Morgan fingerprint density at radius 1 is 1.44 bits per heavy atom. The molecule has 16 heavy (non-hydrogen) atoms. The number of nitrogens with zero attached hydrogens (tertiary/aromatic N) is 3. The summed E-state index contributed by atoms with van der Waals surface area (Å²) >= 11 is 0. The predicted molar refractivity (Wildman–Crippen MR) is 65.9 cm³/mol. The van der Waals surface area contributed by atoms with Crippen molar-refractivity contribution in [2.75, 3.05) is 30.9 Å². The van der Waals surface area contributed by atoms with Gasteiger partial charge in [0.2, 0.25) is 0 Å². The van der Waals surface area contributed by atoms with Crippen molar-refractivity contribution < 1.29 is 5.11 Å². The molecular weight excluding hydrogens is 204 g/mol. The number of hydrogen-bond donors (Lipinski definition) is 2. The van der Waals surface area contributed by atoms with E-state index in [1.54, 1.807) is 13.8 Å². The number of aliphatic hydroxyl groups is 1. The molecule has 0 fully saturated rings. The van der Waals surface area contributed by atoms with Crippen molar-refractivity contribution in [2.45, 2.75) is 26.4 Å². The molecule has 0 aromatic carbocycles. The molecule has 0 saturated carbocycles. The molecule has 1 aromatic heterocycles. The van der Waals surface area contributed by atoms with Crippen molar-refractivity contribution >= 4 is 11.6 Å². The first kappa shape index (κ1) is 12.7. The van der Waals surface area contributed by atoms with Gasteiger partial charge < -0.3 is 15.3 Å². The second kappa shape index (κ2) is 4.65. The summed E-state index contributed by atoms with van der Waals surface area (Å²) in [5, 5.41) is 12.8. The van der Waals surface area contributed by atoms with Gasteiger partial charge in [0.1, 0.15) is 18.0 Å². The fraction of sp³-hybridized carbons (Fsp3) is 0.636. The van der Waals surface area contributed by atoms with E-state index >= 15 is 0 Å². The Kier molecular flexibility index (Phi) is 3.70. The average molecular weight is 224 g/mol. The van der Waals surface area contributed by atoms with E-state index in [0.717, 1.165) is 17.2 Å². The molecule has 0 aliphatic heterocycles. The van der Waals surface area contributed by atoms with Gasteiger partial charge in [-0.25, -0.2) is 9.97 Å². The molecule has 0 spiro atoms. The normalized spacial score (nSPS) is 11.4. The van der Waals surface area contributed by atoms with Gasteiger partial charge in [0.15, 0.2) is 0 Å². The lowest BCUT2D eigenvalue weighted by Crippen LogP contribution is -2.37. The molecule has 1 rings (SSSR count). The van der Waals surface area contributed by atoms with E-state index in [9.17, 15) is 5.11 Å². The number of hydrogen-bond acceptors (Lipinski definition) is 5. The standard InChI is InChI=1S/C11H20N4O/c1-8-9(12-4)13-7-14-10(8)15(5)6-11(2,3)16/h7,16H,6H2,1-5H3,(H,12,13,14). The second-order valence-electron chi connectivity index (χ2n) is 4.59. The van der Waals surface area contributed by atoms with Gasteiger partial charge in [0.05, 0.1) is 5.60 Å². The lowest BCUT2D eigenvalue weighted by Gasteiger charge is -2.27. The maximum atomic E-state index is 9.77. The third-order valence-electron chi connectivity index (χ3n) is 2.28. The van der Waals surface area contributed by atoms with Gasteiger partial charge in [-0.1, -0.05) is 0 Å². The lowest BCUT2D eigenvalue weighted by atomic mass is 10.1. The molecule has 1 aromatic rings. The molecule has 0 unspecified atom stereocenters. The Labute approximate surface area is 96.5 Å². The summed E-state index contributed by atoms with van der Waals surface area (Å²) in [5.74, 6) is 1.65. The molecule has 5 nitrogen and oxygen atoms in total. The molecule has 1 heterocycles. The maximum absolute atomic E-state index is 9.77. The SMILES string of the molecule is CNc1ncnc(N(C)CC(C)(C)O)c1C. The highest BCUT2D eigenvalue weighted by atomic mass is 16.3. The van der Waals surface area contributed by atoms with E-state index in [2.05, 4.69) is 15.3 Å². The van der Waals surface area contributed by atoms with Crippen molar-refractivity contribution in [1.82, 2.24) is 9.97 Å².